The van der Waals surface area contributed by atoms with Gasteiger partial charge in [-0.05, 0) is 47.6 Å². The fourth-order valence-electron chi connectivity index (χ4n) is 3.59. The molecule has 34 heavy (non-hydrogen) atoms. The van der Waals surface area contributed by atoms with E-state index in [1.165, 1.54) is 0 Å². The van der Waals surface area contributed by atoms with E-state index >= 15 is 0 Å². The number of nitrogens with one attached hydrogen (secondary N) is 3. The quantitative estimate of drug-likeness (QED) is 0.404. The molecule has 3 rings (SSSR count). The van der Waals surface area contributed by atoms with Crippen LogP contribution in [0.5, 0.6) is 0 Å². The van der Waals surface area contributed by atoms with Gasteiger partial charge in [-0.3, -0.25) is 25.0 Å². The zero-order valence-corrected chi connectivity index (χ0v) is 20.5. The van der Waals surface area contributed by atoms with E-state index < -0.39 is 23.6 Å². The highest BCUT2D eigenvalue weighted by Gasteiger charge is 2.27. The molecule has 3 N–H and O–H groups in total. The van der Waals surface area contributed by atoms with Gasteiger partial charge in [0.05, 0.1) is 18.2 Å². The van der Waals surface area contributed by atoms with Crippen molar-refractivity contribution in [3.8, 4) is 11.1 Å². The smallest absolute Gasteiger partial charge is 0.282 e. The highest BCUT2D eigenvalue weighted by molar-refractivity contribution is 6.30. The minimum Gasteiger partial charge on any atom is -0.361 e. The minimum atomic E-state index is -0.726. The monoisotopic (exact) mass is 483 g/mol. The van der Waals surface area contributed by atoms with Crippen molar-refractivity contribution in [2.24, 2.45) is 5.41 Å². The van der Waals surface area contributed by atoms with Gasteiger partial charge in [-0.1, -0.05) is 68.8 Å². The van der Waals surface area contributed by atoms with Gasteiger partial charge in [0.2, 0.25) is 11.8 Å². The number of hydrogen-bond donors (Lipinski definition) is 3. The van der Waals surface area contributed by atoms with Gasteiger partial charge >= 0.3 is 0 Å². The van der Waals surface area contributed by atoms with E-state index in [1.807, 2.05) is 69.3 Å². The number of benzene rings is 2. The zero-order valence-electron chi connectivity index (χ0n) is 19.8. The number of ketones is 1. The van der Waals surface area contributed by atoms with Gasteiger partial charge in [0.15, 0.2) is 0 Å². The van der Waals surface area contributed by atoms with Crippen LogP contribution in [0, 0.1) is 5.41 Å². The van der Waals surface area contributed by atoms with Crippen LogP contribution in [0.15, 0.2) is 63.9 Å². The number of H-pyrrole nitrogens is 1. The second-order valence-electron chi connectivity index (χ2n) is 9.62. The summed E-state index contributed by atoms with van der Waals surface area (Å²) in [6, 6.07) is 15.3. The highest BCUT2D eigenvalue weighted by atomic mass is 35.5. The maximum Gasteiger partial charge on any atom is 0.282 e. The Balaban J connectivity index is 1.77. The third kappa shape index (κ3) is 7.43. The summed E-state index contributed by atoms with van der Waals surface area (Å²) in [7, 11) is 0. The van der Waals surface area contributed by atoms with Crippen molar-refractivity contribution in [1.29, 1.82) is 0 Å². The Morgan fingerprint density at radius 2 is 1.76 bits per heavy atom. The van der Waals surface area contributed by atoms with E-state index in [4.69, 9.17) is 16.1 Å². The number of aromatic nitrogens is 1. The van der Waals surface area contributed by atoms with Crippen LogP contribution < -0.4 is 16.2 Å². The molecule has 1 aromatic heterocycles. The van der Waals surface area contributed by atoms with Gasteiger partial charge in [0.25, 0.3) is 5.56 Å². The minimum absolute atomic E-state index is 0.0202. The van der Waals surface area contributed by atoms with Crippen molar-refractivity contribution in [3.05, 3.63) is 75.5 Å². The fourth-order valence-corrected chi connectivity index (χ4v) is 3.78. The lowest BCUT2D eigenvalue weighted by Crippen LogP contribution is -2.49. The maximum atomic E-state index is 13.0. The lowest BCUT2D eigenvalue weighted by Gasteiger charge is -2.24. The summed E-state index contributed by atoms with van der Waals surface area (Å²) in [6.45, 7) is 7.75. The van der Waals surface area contributed by atoms with Crippen LogP contribution in [-0.4, -0.2) is 28.9 Å². The molecule has 0 radical (unpaired) electrons. The summed E-state index contributed by atoms with van der Waals surface area (Å²) in [5.41, 5.74) is 2.29. The number of rotatable bonds is 9. The van der Waals surface area contributed by atoms with Crippen LogP contribution in [-0.2, 0) is 16.0 Å². The Kier molecular flexibility index (Phi) is 8.12. The molecule has 2 atom stereocenters. The highest BCUT2D eigenvalue weighted by Crippen LogP contribution is 2.24. The Bertz CT molecular complexity index is 1190. The van der Waals surface area contributed by atoms with Crippen LogP contribution in [0.1, 0.15) is 39.7 Å². The molecule has 8 heteroatoms. The average Bonchev–Trinajstić information content (AvgIpc) is 3.17. The molecule has 0 saturated heterocycles. The van der Waals surface area contributed by atoms with Crippen molar-refractivity contribution in [1.82, 2.24) is 10.5 Å². The molecule has 0 aliphatic heterocycles. The molecule has 180 valence electrons. The summed E-state index contributed by atoms with van der Waals surface area (Å²) < 4.78 is 4.95. The van der Waals surface area contributed by atoms with Gasteiger partial charge in [-0.15, -0.1) is 0 Å². The van der Waals surface area contributed by atoms with Crippen LogP contribution in [0.4, 0.5) is 5.88 Å². The molecule has 1 heterocycles. The van der Waals surface area contributed by atoms with E-state index in [-0.39, 0.29) is 17.1 Å². The molecule has 0 bridgehead atoms. The molecule has 0 fully saturated rings. The molecule has 0 spiro atoms. The number of carbonyl (C=O) groups excluding carboxylic acids is 2. The first-order valence-electron chi connectivity index (χ1n) is 11.1. The molecule has 2 unspecified atom stereocenters. The lowest BCUT2D eigenvalue weighted by molar-refractivity contribution is -0.123. The predicted octanol–water partition coefficient (Wildman–Crippen LogP) is 4.82. The number of Topliss-reactive ketones (excluding diaryl/α,β-unsaturated/α-hetero) is 1. The Hall–Kier alpha value is -3.16. The normalized spacial score (nSPS) is 13.3. The first-order chi connectivity index (χ1) is 16.0. The molecule has 7 nitrogen and oxygen atoms in total. The topological polar surface area (TPSA) is 104 Å². The third-order valence-electron chi connectivity index (χ3n) is 5.28. The molecular formula is C26H30ClN3O4. The van der Waals surface area contributed by atoms with Crippen molar-refractivity contribution >= 4 is 29.2 Å². The maximum absolute atomic E-state index is 13.0. The van der Waals surface area contributed by atoms with Gasteiger partial charge in [-0.2, -0.15) is 5.16 Å². The number of aromatic amines is 1. The van der Waals surface area contributed by atoms with Gasteiger partial charge in [0, 0.05) is 11.4 Å². The van der Waals surface area contributed by atoms with E-state index in [2.05, 4.69) is 15.8 Å². The zero-order chi connectivity index (χ0) is 24.9. The Morgan fingerprint density at radius 1 is 1.06 bits per heavy atom. The SMILES string of the molecule is CC(NC(Cc1ccc(-c2cccc(Cl)c2)cc1)C(=O)Nc1cc(=O)[nH]o1)C(=O)CC(C)(C)C. The van der Waals surface area contributed by atoms with Crippen molar-refractivity contribution < 1.29 is 14.1 Å². The number of halogens is 1. The van der Waals surface area contributed by atoms with Crippen molar-refractivity contribution in [2.45, 2.75) is 52.6 Å². The second kappa shape index (κ2) is 10.8. The third-order valence-corrected chi connectivity index (χ3v) is 5.51. The number of hydrogen-bond acceptors (Lipinski definition) is 5. The molecule has 1 amide bonds. The Labute approximate surface area is 203 Å². The van der Waals surface area contributed by atoms with Crippen LogP contribution in [0.25, 0.3) is 11.1 Å². The average molecular weight is 484 g/mol. The number of carbonyl (C=O) groups is 2. The first-order valence-corrected chi connectivity index (χ1v) is 11.5. The van der Waals surface area contributed by atoms with Crippen molar-refractivity contribution in [3.63, 3.8) is 0 Å². The molecule has 3 aromatic rings. The predicted molar refractivity (Wildman–Crippen MR) is 134 cm³/mol. The molecular weight excluding hydrogens is 454 g/mol. The van der Waals surface area contributed by atoms with E-state index in [0.29, 0.717) is 17.9 Å². The molecule has 0 aliphatic carbocycles. The second-order valence-corrected chi connectivity index (χ2v) is 10.1. The molecule has 2 aromatic carbocycles. The summed E-state index contributed by atoms with van der Waals surface area (Å²) in [4.78, 5) is 37.0. The lowest BCUT2D eigenvalue weighted by atomic mass is 9.88. The summed E-state index contributed by atoms with van der Waals surface area (Å²) in [5, 5.41) is 8.56. The summed E-state index contributed by atoms with van der Waals surface area (Å²) in [5.74, 6) is -0.362. The number of anilines is 1. The van der Waals surface area contributed by atoms with E-state index in [0.717, 1.165) is 22.8 Å². The fraction of sp³-hybridized carbons (Fsp3) is 0.346. The number of amides is 1. The van der Waals surface area contributed by atoms with Gasteiger partial charge in [0.1, 0.15) is 5.78 Å². The van der Waals surface area contributed by atoms with Crippen LogP contribution >= 0.6 is 11.6 Å². The summed E-state index contributed by atoms with van der Waals surface area (Å²) >= 11 is 6.10. The van der Waals surface area contributed by atoms with Crippen LogP contribution in [0.2, 0.25) is 5.02 Å². The van der Waals surface area contributed by atoms with Crippen molar-refractivity contribution in [2.75, 3.05) is 5.32 Å². The van der Waals surface area contributed by atoms with E-state index in [1.54, 1.807) is 6.92 Å². The molecule has 0 saturated carbocycles. The van der Waals surface area contributed by atoms with Gasteiger partial charge < -0.3 is 4.52 Å². The van der Waals surface area contributed by atoms with E-state index in [9.17, 15) is 14.4 Å². The standard InChI is InChI=1S/C26H30ClN3O4/c1-16(22(31)15-26(2,3)4)28-21(25(33)29-24-14-23(32)30-34-24)12-17-8-10-18(11-9-17)19-6-5-7-20(27)13-19/h5-11,13-14,16,21,28H,12,15H2,1-4H3,(H,29,33)(H,30,32). The Morgan fingerprint density at radius 3 is 2.35 bits per heavy atom. The largest absolute Gasteiger partial charge is 0.361 e. The molecule has 0 aliphatic rings. The first kappa shape index (κ1) is 25.5. The van der Waals surface area contributed by atoms with Crippen LogP contribution in [0.3, 0.4) is 0 Å². The summed E-state index contributed by atoms with van der Waals surface area (Å²) in [6.07, 6.45) is 0.722. The van der Waals surface area contributed by atoms with Gasteiger partial charge in [-0.25, -0.2) is 0 Å².